The van der Waals surface area contributed by atoms with Crippen LogP contribution in [0.4, 0.5) is 0 Å². The van der Waals surface area contributed by atoms with Gasteiger partial charge in [0, 0.05) is 0 Å². The highest BCUT2D eigenvalue weighted by molar-refractivity contribution is 7.90. The van der Waals surface area contributed by atoms with Gasteiger partial charge in [0.25, 0.3) is 0 Å². The fourth-order valence-corrected chi connectivity index (χ4v) is 2.77. The average Bonchev–Trinajstić information content (AvgIpc) is 2.65. The van der Waals surface area contributed by atoms with Gasteiger partial charge in [0.1, 0.15) is 11.5 Å². The van der Waals surface area contributed by atoms with Gasteiger partial charge in [-0.05, 0) is 18.6 Å². The quantitative estimate of drug-likeness (QED) is 0.545. The van der Waals surface area contributed by atoms with Crippen molar-refractivity contribution in [3.8, 4) is 0 Å². The Morgan fingerprint density at radius 3 is 2.62 bits per heavy atom. The van der Waals surface area contributed by atoms with Gasteiger partial charge in [-0.2, -0.15) is 0 Å². The number of unbranched alkanes of at least 4 members (excludes halogenated alkanes) is 2. The third-order valence-corrected chi connectivity index (χ3v) is 3.85. The summed E-state index contributed by atoms with van der Waals surface area (Å²) in [6.45, 7) is 2.02. The minimum absolute atomic E-state index is 0.120. The van der Waals surface area contributed by atoms with Crippen LogP contribution in [0, 0.1) is 0 Å². The molecule has 5 heteroatoms. The van der Waals surface area contributed by atoms with E-state index in [1.165, 1.54) is 12.1 Å². The van der Waals surface area contributed by atoms with Gasteiger partial charge in [-0.1, -0.05) is 19.8 Å². The lowest BCUT2D eigenvalue weighted by Crippen LogP contribution is -2.08. The van der Waals surface area contributed by atoms with E-state index in [1.54, 1.807) is 0 Å². The number of aldehydes is 1. The summed E-state index contributed by atoms with van der Waals surface area (Å²) in [5.41, 5.74) is 0. The van der Waals surface area contributed by atoms with E-state index in [2.05, 4.69) is 0 Å². The fraction of sp³-hybridized carbons (Fsp3) is 0.545. The normalized spacial score (nSPS) is 11.6. The lowest BCUT2D eigenvalue weighted by Gasteiger charge is -2.01. The Morgan fingerprint density at radius 2 is 2.06 bits per heavy atom. The van der Waals surface area contributed by atoms with Crippen LogP contribution in [0.2, 0.25) is 0 Å². The molecule has 0 aliphatic heterocycles. The second kappa shape index (κ2) is 5.84. The van der Waals surface area contributed by atoms with E-state index in [9.17, 15) is 13.2 Å². The lowest BCUT2D eigenvalue weighted by atomic mass is 10.3. The number of carbonyl (C=O) groups is 1. The molecule has 0 fully saturated rings. The molecule has 0 bridgehead atoms. The van der Waals surface area contributed by atoms with E-state index in [1.807, 2.05) is 6.92 Å². The zero-order valence-electron chi connectivity index (χ0n) is 9.31. The van der Waals surface area contributed by atoms with Crippen molar-refractivity contribution < 1.29 is 17.6 Å². The smallest absolute Gasteiger partial charge is 0.185 e. The first-order valence-corrected chi connectivity index (χ1v) is 7.14. The van der Waals surface area contributed by atoms with Crippen molar-refractivity contribution >= 4 is 16.1 Å². The van der Waals surface area contributed by atoms with Crippen LogP contribution in [0.15, 0.2) is 16.5 Å². The third kappa shape index (κ3) is 4.18. The Hall–Kier alpha value is -1.10. The zero-order chi connectivity index (χ0) is 12.0. The summed E-state index contributed by atoms with van der Waals surface area (Å²) in [6, 6.07) is 3.00. The molecule has 0 aromatic carbocycles. The van der Waals surface area contributed by atoms with Gasteiger partial charge < -0.3 is 4.42 Å². The van der Waals surface area contributed by atoms with Gasteiger partial charge in [0.15, 0.2) is 21.9 Å². The van der Waals surface area contributed by atoms with Crippen molar-refractivity contribution in [3.63, 3.8) is 0 Å². The van der Waals surface area contributed by atoms with E-state index < -0.39 is 9.84 Å². The van der Waals surface area contributed by atoms with Gasteiger partial charge in [0.05, 0.1) is 5.75 Å². The molecular formula is C11H16O4S. The van der Waals surface area contributed by atoms with Crippen molar-refractivity contribution in [2.75, 3.05) is 5.75 Å². The number of hydrogen-bond acceptors (Lipinski definition) is 4. The molecule has 0 saturated carbocycles. The molecular weight excluding hydrogens is 228 g/mol. The first kappa shape index (κ1) is 13.0. The monoisotopic (exact) mass is 244 g/mol. The topological polar surface area (TPSA) is 64.3 Å². The molecule has 0 radical (unpaired) electrons. The number of sulfone groups is 1. The van der Waals surface area contributed by atoms with Crippen molar-refractivity contribution in [3.05, 3.63) is 23.7 Å². The Morgan fingerprint density at radius 1 is 1.31 bits per heavy atom. The molecule has 4 nitrogen and oxygen atoms in total. The van der Waals surface area contributed by atoms with Gasteiger partial charge in [-0.25, -0.2) is 8.42 Å². The third-order valence-electron chi connectivity index (χ3n) is 2.22. The number of rotatable bonds is 7. The van der Waals surface area contributed by atoms with Crippen LogP contribution in [-0.4, -0.2) is 20.5 Å². The molecule has 0 unspecified atom stereocenters. The van der Waals surface area contributed by atoms with Crippen LogP contribution in [-0.2, 0) is 15.6 Å². The minimum Gasteiger partial charge on any atom is -0.457 e. The molecule has 0 aliphatic rings. The first-order chi connectivity index (χ1) is 7.57. The van der Waals surface area contributed by atoms with Crippen LogP contribution < -0.4 is 0 Å². The van der Waals surface area contributed by atoms with Crippen molar-refractivity contribution in [2.24, 2.45) is 0 Å². The van der Waals surface area contributed by atoms with Crippen molar-refractivity contribution in [2.45, 2.75) is 31.9 Å². The molecule has 0 spiro atoms. The molecule has 1 aromatic rings. The van der Waals surface area contributed by atoms with E-state index in [0.717, 1.165) is 12.8 Å². The minimum atomic E-state index is -3.11. The summed E-state index contributed by atoms with van der Waals surface area (Å²) < 4.78 is 28.3. The number of furan rings is 1. The molecule has 1 heterocycles. The van der Waals surface area contributed by atoms with E-state index in [0.29, 0.717) is 18.5 Å². The van der Waals surface area contributed by atoms with Crippen LogP contribution in [0.5, 0.6) is 0 Å². The summed E-state index contributed by atoms with van der Waals surface area (Å²) >= 11 is 0. The van der Waals surface area contributed by atoms with Gasteiger partial charge in [0.2, 0.25) is 0 Å². The highest BCUT2D eigenvalue weighted by atomic mass is 32.2. The Kier molecular flexibility index (Phi) is 4.73. The fourth-order valence-electron chi connectivity index (χ4n) is 1.40. The van der Waals surface area contributed by atoms with Gasteiger partial charge in [-0.15, -0.1) is 0 Å². The second-order valence-corrected chi connectivity index (χ2v) is 5.91. The van der Waals surface area contributed by atoms with Crippen LogP contribution in [0.3, 0.4) is 0 Å². The Bertz CT molecular complexity index is 431. The highest BCUT2D eigenvalue weighted by Gasteiger charge is 2.14. The molecule has 0 N–H and O–H groups in total. The number of hydrogen-bond donors (Lipinski definition) is 0. The summed E-state index contributed by atoms with van der Waals surface area (Å²) in [6.07, 6.45) is 3.15. The number of carbonyl (C=O) groups excluding carboxylic acids is 1. The molecule has 16 heavy (non-hydrogen) atoms. The average molecular weight is 244 g/mol. The molecule has 1 aromatic heterocycles. The second-order valence-electron chi connectivity index (χ2n) is 3.72. The highest BCUT2D eigenvalue weighted by Crippen LogP contribution is 2.12. The van der Waals surface area contributed by atoms with Crippen molar-refractivity contribution in [1.82, 2.24) is 0 Å². The van der Waals surface area contributed by atoms with Crippen LogP contribution >= 0.6 is 0 Å². The Labute approximate surface area is 95.6 Å². The van der Waals surface area contributed by atoms with E-state index in [4.69, 9.17) is 4.42 Å². The van der Waals surface area contributed by atoms with Gasteiger partial charge in [-0.3, -0.25) is 4.79 Å². The molecule has 90 valence electrons. The lowest BCUT2D eigenvalue weighted by molar-refractivity contribution is 0.109. The summed E-state index contributed by atoms with van der Waals surface area (Å²) in [7, 11) is -3.11. The summed E-state index contributed by atoms with van der Waals surface area (Å²) in [4.78, 5) is 10.4. The predicted molar refractivity (Wildman–Crippen MR) is 61.1 cm³/mol. The SMILES string of the molecule is CCCCCS(=O)(=O)Cc1ccc(C=O)o1. The summed E-state index contributed by atoms with van der Waals surface area (Å²) in [5.74, 6) is 0.556. The van der Waals surface area contributed by atoms with Crippen LogP contribution in [0.1, 0.15) is 42.5 Å². The molecule has 0 aliphatic carbocycles. The van der Waals surface area contributed by atoms with Crippen molar-refractivity contribution in [1.29, 1.82) is 0 Å². The zero-order valence-corrected chi connectivity index (χ0v) is 10.1. The molecule has 0 atom stereocenters. The van der Waals surface area contributed by atoms with E-state index in [-0.39, 0.29) is 17.3 Å². The standard InChI is InChI=1S/C11H16O4S/c1-2-3-4-7-16(13,14)9-11-6-5-10(8-12)15-11/h5-6,8H,2-4,7,9H2,1H3. The predicted octanol–water partition coefficient (Wildman–Crippen LogP) is 2.20. The maximum Gasteiger partial charge on any atom is 0.185 e. The van der Waals surface area contributed by atoms with E-state index >= 15 is 0 Å². The Balaban J connectivity index is 2.55. The summed E-state index contributed by atoms with van der Waals surface area (Å²) in [5, 5.41) is 0. The first-order valence-electron chi connectivity index (χ1n) is 5.31. The molecule has 0 amide bonds. The van der Waals surface area contributed by atoms with Gasteiger partial charge >= 0.3 is 0 Å². The largest absolute Gasteiger partial charge is 0.457 e. The van der Waals surface area contributed by atoms with Crippen LogP contribution in [0.25, 0.3) is 0 Å². The maximum absolute atomic E-state index is 11.6. The molecule has 0 saturated heterocycles. The molecule has 1 rings (SSSR count). The maximum atomic E-state index is 11.6.